The van der Waals surface area contributed by atoms with Crippen molar-refractivity contribution in [1.82, 2.24) is 0 Å². The zero-order valence-electron chi connectivity index (χ0n) is 10.4. The number of fused-ring (bicyclic) bond motifs is 1. The first-order chi connectivity index (χ1) is 9.65. The smallest absolute Gasteiger partial charge is 0.193 e. The molecule has 0 amide bonds. The van der Waals surface area contributed by atoms with Crippen molar-refractivity contribution in [3.05, 3.63) is 80.4 Å². The Labute approximate surface area is 135 Å². The summed E-state index contributed by atoms with van der Waals surface area (Å²) in [6.45, 7) is 0. The lowest BCUT2D eigenvalue weighted by Gasteiger charge is -2.05. The average Bonchev–Trinajstić information content (AvgIpc) is 2.49. The molecule has 0 heterocycles. The number of benzene rings is 3. The van der Waals surface area contributed by atoms with Crippen LogP contribution in [0.4, 0.5) is 0 Å². The fourth-order valence-corrected chi connectivity index (χ4v) is 2.65. The molecule has 0 saturated carbocycles. The van der Waals surface area contributed by atoms with Crippen molar-refractivity contribution in [1.29, 1.82) is 0 Å². The maximum Gasteiger partial charge on any atom is 0.193 e. The monoisotopic (exact) mass is 392 g/mol. The molecule has 0 fully saturated rings. The molecule has 0 aliphatic carbocycles. The number of halogens is 2. The van der Waals surface area contributed by atoms with Crippen LogP contribution in [0.5, 0.6) is 0 Å². The summed E-state index contributed by atoms with van der Waals surface area (Å²) in [7, 11) is 0. The normalized spacial score (nSPS) is 10.7. The third-order valence-corrected chi connectivity index (χ3v) is 4.77. The van der Waals surface area contributed by atoms with Gasteiger partial charge in [0.15, 0.2) is 5.78 Å². The van der Waals surface area contributed by atoms with Gasteiger partial charge in [-0.1, -0.05) is 48.0 Å². The van der Waals surface area contributed by atoms with Gasteiger partial charge in [0, 0.05) is 14.7 Å². The Hall–Kier alpha value is -1.39. The summed E-state index contributed by atoms with van der Waals surface area (Å²) >= 11 is 8.23. The second kappa shape index (κ2) is 5.54. The minimum absolute atomic E-state index is 0.00551. The largest absolute Gasteiger partial charge is 0.289 e. The van der Waals surface area contributed by atoms with E-state index in [4.69, 9.17) is 11.6 Å². The minimum atomic E-state index is -0.00551. The van der Waals surface area contributed by atoms with E-state index in [1.54, 1.807) is 6.07 Å². The highest BCUT2D eigenvalue weighted by molar-refractivity contribution is 14.1. The molecule has 0 aliphatic rings. The van der Waals surface area contributed by atoms with Crippen molar-refractivity contribution in [3.8, 4) is 0 Å². The molecule has 1 nitrogen and oxygen atoms in total. The number of hydrogen-bond donors (Lipinski definition) is 0. The zero-order valence-corrected chi connectivity index (χ0v) is 13.4. The summed E-state index contributed by atoms with van der Waals surface area (Å²) < 4.78 is 0.944. The highest BCUT2D eigenvalue weighted by atomic mass is 127. The summed E-state index contributed by atoms with van der Waals surface area (Å²) in [4.78, 5) is 12.5. The van der Waals surface area contributed by atoms with Crippen molar-refractivity contribution in [2.24, 2.45) is 0 Å². The number of ketones is 1. The van der Waals surface area contributed by atoms with E-state index in [1.807, 2.05) is 54.6 Å². The first-order valence-corrected chi connectivity index (χ1v) is 7.59. The van der Waals surface area contributed by atoms with E-state index in [9.17, 15) is 4.79 Å². The van der Waals surface area contributed by atoms with E-state index in [2.05, 4.69) is 22.6 Å². The topological polar surface area (TPSA) is 17.1 Å². The van der Waals surface area contributed by atoms with Gasteiger partial charge in [-0.2, -0.15) is 0 Å². The molecule has 0 aliphatic heterocycles. The van der Waals surface area contributed by atoms with Crippen LogP contribution in [0, 0.1) is 3.57 Å². The van der Waals surface area contributed by atoms with Crippen molar-refractivity contribution < 1.29 is 4.79 Å². The molecule has 3 heteroatoms. The van der Waals surface area contributed by atoms with Crippen LogP contribution in [-0.2, 0) is 0 Å². The molecule has 3 rings (SSSR count). The van der Waals surface area contributed by atoms with Gasteiger partial charge in [-0.15, -0.1) is 0 Å². The summed E-state index contributed by atoms with van der Waals surface area (Å²) in [6.07, 6.45) is 0. The highest BCUT2D eigenvalue weighted by Gasteiger charge is 2.11. The van der Waals surface area contributed by atoms with E-state index in [0.29, 0.717) is 16.1 Å². The van der Waals surface area contributed by atoms with Gasteiger partial charge in [-0.25, -0.2) is 0 Å². The zero-order chi connectivity index (χ0) is 14.1. The van der Waals surface area contributed by atoms with Crippen LogP contribution in [0.1, 0.15) is 15.9 Å². The quantitative estimate of drug-likeness (QED) is 0.426. The van der Waals surface area contributed by atoms with Crippen molar-refractivity contribution in [2.75, 3.05) is 0 Å². The summed E-state index contributed by atoms with van der Waals surface area (Å²) in [5, 5.41) is 2.80. The first kappa shape index (κ1) is 13.6. The standard InChI is InChI=1S/C17H10ClIO/c18-15-10-14(7-8-16(15)19)17(20)13-6-5-11-3-1-2-4-12(11)9-13/h1-10H. The van der Waals surface area contributed by atoms with Gasteiger partial charge in [0.25, 0.3) is 0 Å². The maximum absolute atomic E-state index is 12.5. The molecule has 0 bridgehead atoms. The summed E-state index contributed by atoms with van der Waals surface area (Å²) in [5.74, 6) is -0.00551. The van der Waals surface area contributed by atoms with Crippen LogP contribution in [-0.4, -0.2) is 5.78 Å². The average molecular weight is 393 g/mol. The van der Waals surface area contributed by atoms with Gasteiger partial charge < -0.3 is 0 Å². The lowest BCUT2D eigenvalue weighted by Crippen LogP contribution is -2.01. The Balaban J connectivity index is 2.05. The van der Waals surface area contributed by atoms with Crippen molar-refractivity contribution in [2.45, 2.75) is 0 Å². The second-order valence-electron chi connectivity index (χ2n) is 4.52. The van der Waals surface area contributed by atoms with Gasteiger partial charge in [0.05, 0.1) is 5.02 Å². The molecule has 0 saturated heterocycles. The molecule has 3 aromatic carbocycles. The molecule has 0 radical (unpaired) electrons. The van der Waals surface area contributed by atoms with Crippen LogP contribution in [0.25, 0.3) is 10.8 Å². The lowest BCUT2D eigenvalue weighted by molar-refractivity contribution is 0.103. The molecule has 0 atom stereocenters. The minimum Gasteiger partial charge on any atom is -0.289 e. The SMILES string of the molecule is O=C(c1ccc(I)c(Cl)c1)c1ccc2ccccc2c1. The van der Waals surface area contributed by atoms with E-state index >= 15 is 0 Å². The summed E-state index contributed by atoms with van der Waals surface area (Å²) in [6, 6.07) is 19.1. The molecule has 20 heavy (non-hydrogen) atoms. The van der Waals surface area contributed by atoms with Gasteiger partial charge in [0.1, 0.15) is 0 Å². The third-order valence-electron chi connectivity index (χ3n) is 3.19. The van der Waals surface area contributed by atoms with E-state index in [1.165, 1.54) is 0 Å². The van der Waals surface area contributed by atoms with Crippen LogP contribution >= 0.6 is 34.2 Å². The molecule has 0 aromatic heterocycles. The molecule has 0 spiro atoms. The molecular formula is C17H10ClIO. The molecule has 0 N–H and O–H groups in total. The van der Waals surface area contributed by atoms with Gasteiger partial charge in [0.2, 0.25) is 0 Å². The Bertz CT molecular complexity index is 811. The fourth-order valence-electron chi connectivity index (χ4n) is 2.13. The Morgan fingerprint density at radius 2 is 1.50 bits per heavy atom. The molecule has 0 unspecified atom stereocenters. The first-order valence-electron chi connectivity index (χ1n) is 6.14. The molecule has 3 aromatic rings. The summed E-state index contributed by atoms with van der Waals surface area (Å²) in [5.41, 5.74) is 1.30. The Kier molecular flexibility index (Phi) is 3.76. The predicted octanol–water partition coefficient (Wildman–Crippen LogP) is 5.33. The Morgan fingerprint density at radius 3 is 2.25 bits per heavy atom. The van der Waals surface area contributed by atoms with E-state index in [0.717, 1.165) is 14.3 Å². The van der Waals surface area contributed by atoms with Crippen LogP contribution in [0.3, 0.4) is 0 Å². The van der Waals surface area contributed by atoms with Crippen LogP contribution < -0.4 is 0 Å². The van der Waals surface area contributed by atoms with Crippen LogP contribution in [0.2, 0.25) is 5.02 Å². The van der Waals surface area contributed by atoms with E-state index in [-0.39, 0.29) is 5.78 Å². The maximum atomic E-state index is 12.5. The van der Waals surface area contributed by atoms with Crippen molar-refractivity contribution >= 4 is 50.7 Å². The molecular weight excluding hydrogens is 383 g/mol. The van der Waals surface area contributed by atoms with Crippen molar-refractivity contribution in [3.63, 3.8) is 0 Å². The number of carbonyl (C=O) groups excluding carboxylic acids is 1. The van der Waals surface area contributed by atoms with Crippen LogP contribution in [0.15, 0.2) is 60.7 Å². The number of hydrogen-bond acceptors (Lipinski definition) is 1. The second-order valence-corrected chi connectivity index (χ2v) is 6.09. The molecule has 98 valence electrons. The fraction of sp³-hybridized carbons (Fsp3) is 0. The number of rotatable bonds is 2. The van der Waals surface area contributed by atoms with Gasteiger partial charge in [-0.05, 0) is 57.6 Å². The van der Waals surface area contributed by atoms with Gasteiger partial charge in [-0.3, -0.25) is 4.79 Å². The lowest BCUT2D eigenvalue weighted by atomic mass is 10.00. The predicted molar refractivity (Wildman–Crippen MR) is 91.5 cm³/mol. The van der Waals surface area contributed by atoms with Gasteiger partial charge >= 0.3 is 0 Å². The number of carbonyl (C=O) groups is 1. The Morgan fingerprint density at radius 1 is 0.850 bits per heavy atom. The van der Waals surface area contributed by atoms with E-state index < -0.39 is 0 Å². The highest BCUT2D eigenvalue weighted by Crippen LogP contribution is 2.23. The third kappa shape index (κ3) is 2.58.